The third-order valence-corrected chi connectivity index (χ3v) is 1.67. The molecule has 1 aliphatic rings. The molecule has 0 aromatic carbocycles. The van der Waals surface area contributed by atoms with Crippen molar-refractivity contribution in [1.82, 2.24) is 0 Å². The fraction of sp³-hybridized carbons (Fsp3) is 0.429. The molecule has 0 amide bonds. The molecule has 0 saturated heterocycles. The van der Waals surface area contributed by atoms with Crippen LogP contribution in [0, 0.1) is 0 Å². The first-order chi connectivity index (χ1) is 4.63. The van der Waals surface area contributed by atoms with Crippen molar-refractivity contribution in [2.45, 2.75) is 19.8 Å². The van der Waals surface area contributed by atoms with Gasteiger partial charge in [0.05, 0.1) is 0 Å². The van der Waals surface area contributed by atoms with Crippen LogP contribution in [0.2, 0.25) is 0 Å². The second kappa shape index (κ2) is 2.25. The Hall–Kier alpha value is -1.12. The quantitative estimate of drug-likeness (QED) is 0.615. The van der Waals surface area contributed by atoms with E-state index >= 15 is 0 Å². The summed E-state index contributed by atoms with van der Waals surface area (Å²) in [7, 11) is 0. The first-order valence-electron chi connectivity index (χ1n) is 3.09. The minimum Gasteiger partial charge on any atom is -0.478 e. The molecule has 0 aromatic rings. The van der Waals surface area contributed by atoms with Crippen molar-refractivity contribution in [1.29, 1.82) is 0 Å². The fourth-order valence-corrected chi connectivity index (χ4v) is 1.000. The van der Waals surface area contributed by atoms with Crippen LogP contribution < -0.4 is 0 Å². The van der Waals surface area contributed by atoms with Gasteiger partial charge in [-0.05, 0) is 19.8 Å². The van der Waals surface area contributed by atoms with E-state index in [1.54, 1.807) is 0 Å². The Kier molecular flexibility index (Phi) is 1.57. The standard InChI is InChI=1S/C7H8O3/c1-4(8)5-2-3-6(5)7(9)10/h2-3H2,1H3,(H,9,10). The van der Waals surface area contributed by atoms with Crippen LogP contribution in [0.4, 0.5) is 0 Å². The summed E-state index contributed by atoms with van der Waals surface area (Å²) in [6.45, 7) is 1.40. The third kappa shape index (κ3) is 0.943. The molecule has 0 saturated carbocycles. The van der Waals surface area contributed by atoms with E-state index in [4.69, 9.17) is 5.11 Å². The summed E-state index contributed by atoms with van der Waals surface area (Å²) in [6, 6.07) is 0. The molecule has 0 atom stereocenters. The molecule has 1 rings (SSSR count). The summed E-state index contributed by atoms with van der Waals surface area (Å²) in [5, 5.41) is 8.44. The highest BCUT2D eigenvalue weighted by Crippen LogP contribution is 2.28. The van der Waals surface area contributed by atoms with E-state index in [9.17, 15) is 9.59 Å². The highest BCUT2D eigenvalue weighted by Gasteiger charge is 2.25. The van der Waals surface area contributed by atoms with Gasteiger partial charge in [-0.2, -0.15) is 0 Å². The lowest BCUT2D eigenvalue weighted by molar-refractivity contribution is -0.133. The van der Waals surface area contributed by atoms with Gasteiger partial charge in [-0.15, -0.1) is 0 Å². The molecule has 3 heteroatoms. The molecule has 0 aliphatic heterocycles. The Bertz CT molecular complexity index is 201. The maximum absolute atomic E-state index is 10.6. The number of ketones is 1. The Morgan fingerprint density at radius 1 is 1.30 bits per heavy atom. The molecule has 10 heavy (non-hydrogen) atoms. The van der Waals surface area contributed by atoms with Crippen LogP contribution in [-0.4, -0.2) is 16.9 Å². The number of Topliss-reactive ketones (excluding diaryl/α,β-unsaturated/α-hetero) is 1. The van der Waals surface area contributed by atoms with Crippen molar-refractivity contribution in [2.24, 2.45) is 0 Å². The number of carbonyl (C=O) groups is 2. The van der Waals surface area contributed by atoms with Gasteiger partial charge in [0, 0.05) is 11.1 Å². The molecule has 1 N–H and O–H groups in total. The van der Waals surface area contributed by atoms with Gasteiger partial charge < -0.3 is 5.11 Å². The lowest BCUT2D eigenvalue weighted by atomic mass is 9.86. The van der Waals surface area contributed by atoms with E-state index in [-0.39, 0.29) is 5.78 Å². The van der Waals surface area contributed by atoms with Crippen molar-refractivity contribution < 1.29 is 14.7 Å². The zero-order valence-corrected chi connectivity index (χ0v) is 5.68. The molecule has 0 unspecified atom stereocenters. The maximum Gasteiger partial charge on any atom is 0.331 e. The molecule has 54 valence electrons. The third-order valence-electron chi connectivity index (χ3n) is 1.67. The topological polar surface area (TPSA) is 54.4 Å². The predicted octanol–water partition coefficient (Wildman–Crippen LogP) is 0.750. The van der Waals surface area contributed by atoms with E-state index in [0.717, 1.165) is 0 Å². The molecule has 0 heterocycles. The van der Waals surface area contributed by atoms with Gasteiger partial charge in [-0.3, -0.25) is 4.79 Å². The highest BCUT2D eigenvalue weighted by atomic mass is 16.4. The molecule has 0 bridgehead atoms. The molecular formula is C7H8O3. The van der Waals surface area contributed by atoms with Crippen LogP contribution in [0.3, 0.4) is 0 Å². The summed E-state index contributed by atoms with van der Waals surface area (Å²) in [5.74, 6) is -1.06. The van der Waals surface area contributed by atoms with Crippen LogP contribution in [0.15, 0.2) is 11.1 Å². The predicted molar refractivity (Wildman–Crippen MR) is 34.6 cm³/mol. The maximum atomic E-state index is 10.6. The molecule has 1 aliphatic carbocycles. The zero-order chi connectivity index (χ0) is 7.72. The van der Waals surface area contributed by atoms with Crippen LogP contribution in [0.1, 0.15) is 19.8 Å². The first kappa shape index (κ1) is 6.99. The van der Waals surface area contributed by atoms with Gasteiger partial charge in [0.15, 0.2) is 5.78 Å². The number of hydrogen-bond acceptors (Lipinski definition) is 2. The van der Waals surface area contributed by atoms with Crippen molar-refractivity contribution >= 4 is 11.8 Å². The number of hydrogen-bond donors (Lipinski definition) is 1. The van der Waals surface area contributed by atoms with Crippen molar-refractivity contribution in [3.8, 4) is 0 Å². The van der Waals surface area contributed by atoms with E-state index in [0.29, 0.717) is 24.0 Å². The number of carboxylic acids is 1. The first-order valence-corrected chi connectivity index (χ1v) is 3.09. The lowest BCUT2D eigenvalue weighted by Gasteiger charge is -2.17. The van der Waals surface area contributed by atoms with Gasteiger partial charge in [0.25, 0.3) is 0 Å². The number of allylic oxidation sites excluding steroid dienone is 1. The largest absolute Gasteiger partial charge is 0.478 e. The SMILES string of the molecule is CC(=O)C1=C(C(=O)O)CC1. The van der Waals surface area contributed by atoms with Crippen LogP contribution in [0.25, 0.3) is 0 Å². The van der Waals surface area contributed by atoms with Crippen LogP contribution >= 0.6 is 0 Å². The Labute approximate surface area is 58.4 Å². The minimum absolute atomic E-state index is 0.108. The van der Waals surface area contributed by atoms with Gasteiger partial charge in [0.1, 0.15) is 0 Å². The fourth-order valence-electron chi connectivity index (χ4n) is 1.000. The van der Waals surface area contributed by atoms with Gasteiger partial charge in [-0.25, -0.2) is 4.79 Å². The van der Waals surface area contributed by atoms with E-state index in [2.05, 4.69) is 0 Å². The molecule has 0 fully saturated rings. The summed E-state index contributed by atoms with van der Waals surface area (Å²) < 4.78 is 0. The smallest absolute Gasteiger partial charge is 0.331 e. The number of carbonyl (C=O) groups excluding carboxylic acids is 1. The second-order valence-corrected chi connectivity index (χ2v) is 2.32. The lowest BCUT2D eigenvalue weighted by Crippen LogP contribution is -2.17. The second-order valence-electron chi connectivity index (χ2n) is 2.32. The van der Waals surface area contributed by atoms with Gasteiger partial charge in [0.2, 0.25) is 0 Å². The number of carboxylic acid groups (broad SMARTS) is 1. The van der Waals surface area contributed by atoms with E-state index in [1.165, 1.54) is 6.92 Å². The normalized spacial score (nSPS) is 16.5. The molecule has 0 spiro atoms. The van der Waals surface area contributed by atoms with E-state index < -0.39 is 5.97 Å². The van der Waals surface area contributed by atoms with Crippen LogP contribution in [0.5, 0.6) is 0 Å². The monoisotopic (exact) mass is 140 g/mol. The number of aliphatic carboxylic acids is 1. The average Bonchev–Trinajstić information content (AvgIpc) is 1.56. The minimum atomic E-state index is -0.948. The van der Waals surface area contributed by atoms with Crippen molar-refractivity contribution in [3.63, 3.8) is 0 Å². The summed E-state index contributed by atoms with van der Waals surface area (Å²) in [6.07, 6.45) is 1.18. The Morgan fingerprint density at radius 3 is 1.90 bits per heavy atom. The Morgan fingerprint density at radius 2 is 1.80 bits per heavy atom. The molecule has 0 aromatic heterocycles. The van der Waals surface area contributed by atoms with Crippen molar-refractivity contribution in [2.75, 3.05) is 0 Å². The Balaban J connectivity index is 2.87. The van der Waals surface area contributed by atoms with Gasteiger partial charge >= 0.3 is 5.97 Å². The molecular weight excluding hydrogens is 132 g/mol. The summed E-state index contributed by atoms with van der Waals surface area (Å²) in [4.78, 5) is 20.9. The zero-order valence-electron chi connectivity index (χ0n) is 5.68. The van der Waals surface area contributed by atoms with E-state index in [1.807, 2.05) is 0 Å². The van der Waals surface area contributed by atoms with Crippen molar-refractivity contribution in [3.05, 3.63) is 11.1 Å². The number of rotatable bonds is 2. The highest BCUT2D eigenvalue weighted by molar-refractivity contribution is 6.04. The summed E-state index contributed by atoms with van der Waals surface area (Å²) in [5.41, 5.74) is 0.792. The van der Waals surface area contributed by atoms with Crippen LogP contribution in [-0.2, 0) is 9.59 Å². The summed E-state index contributed by atoms with van der Waals surface area (Å²) >= 11 is 0. The molecule has 0 radical (unpaired) electrons. The van der Waals surface area contributed by atoms with Gasteiger partial charge in [-0.1, -0.05) is 0 Å². The average molecular weight is 140 g/mol. The molecule has 3 nitrogen and oxygen atoms in total.